The van der Waals surface area contributed by atoms with Gasteiger partial charge in [0, 0.05) is 5.75 Å². The fraction of sp³-hybridized carbons (Fsp3) is 0.667. The van der Waals surface area contributed by atoms with Crippen LogP contribution in [0.15, 0.2) is 10.7 Å². The fourth-order valence-corrected chi connectivity index (χ4v) is 2.46. The summed E-state index contributed by atoms with van der Waals surface area (Å²) < 4.78 is 4.84. The van der Waals surface area contributed by atoms with Gasteiger partial charge in [0.15, 0.2) is 4.34 Å². The molecule has 15 heavy (non-hydrogen) atoms. The Morgan fingerprint density at radius 1 is 1.67 bits per heavy atom. The van der Waals surface area contributed by atoms with Gasteiger partial charge in [0.05, 0.1) is 5.41 Å². The van der Waals surface area contributed by atoms with Crippen LogP contribution in [0.1, 0.15) is 26.7 Å². The number of aliphatic carboxylic acids is 1. The van der Waals surface area contributed by atoms with Gasteiger partial charge in [0.25, 0.3) is 0 Å². The zero-order chi connectivity index (χ0) is 11.3. The van der Waals surface area contributed by atoms with Crippen molar-refractivity contribution in [3.8, 4) is 0 Å². The standard InChI is InChI=1S/C9H14N2O2S2/c1-9(2,7(12)13)4-3-5-14-8-10-6-11-15-8/h6H,3-5H2,1-2H3,(H,12,13). The van der Waals surface area contributed by atoms with E-state index in [0.717, 1.165) is 16.5 Å². The van der Waals surface area contributed by atoms with Gasteiger partial charge in [-0.2, -0.15) is 4.37 Å². The van der Waals surface area contributed by atoms with E-state index in [0.29, 0.717) is 6.42 Å². The lowest BCUT2D eigenvalue weighted by Crippen LogP contribution is -2.23. The van der Waals surface area contributed by atoms with Crippen LogP contribution >= 0.6 is 23.3 Å². The minimum Gasteiger partial charge on any atom is -0.481 e. The van der Waals surface area contributed by atoms with Crippen LogP contribution in [0.5, 0.6) is 0 Å². The van der Waals surface area contributed by atoms with Gasteiger partial charge in [0.1, 0.15) is 6.33 Å². The van der Waals surface area contributed by atoms with E-state index in [1.165, 1.54) is 17.9 Å². The van der Waals surface area contributed by atoms with Crippen molar-refractivity contribution < 1.29 is 9.90 Å². The summed E-state index contributed by atoms with van der Waals surface area (Å²) in [5.41, 5.74) is -0.623. The molecule has 1 N–H and O–H groups in total. The van der Waals surface area contributed by atoms with Gasteiger partial charge in [-0.25, -0.2) is 4.98 Å². The number of hydrogen-bond donors (Lipinski definition) is 1. The molecule has 0 saturated carbocycles. The van der Waals surface area contributed by atoms with Crippen LogP contribution in [-0.2, 0) is 4.79 Å². The lowest BCUT2D eigenvalue weighted by Gasteiger charge is -2.17. The first-order chi connectivity index (χ1) is 7.02. The monoisotopic (exact) mass is 246 g/mol. The highest BCUT2D eigenvalue weighted by Gasteiger charge is 2.26. The zero-order valence-electron chi connectivity index (χ0n) is 8.77. The normalized spacial score (nSPS) is 11.6. The Morgan fingerprint density at radius 3 is 2.93 bits per heavy atom. The Balaban J connectivity index is 2.19. The Labute approximate surface area is 97.3 Å². The van der Waals surface area contributed by atoms with Crippen LogP contribution in [0.3, 0.4) is 0 Å². The number of carboxylic acid groups (broad SMARTS) is 1. The van der Waals surface area contributed by atoms with E-state index >= 15 is 0 Å². The maximum atomic E-state index is 10.8. The van der Waals surface area contributed by atoms with E-state index < -0.39 is 11.4 Å². The second kappa shape index (κ2) is 5.46. The average molecular weight is 246 g/mol. The Kier molecular flexibility index (Phi) is 4.53. The van der Waals surface area contributed by atoms with Crippen molar-refractivity contribution in [2.75, 3.05) is 5.75 Å². The van der Waals surface area contributed by atoms with Gasteiger partial charge in [-0.3, -0.25) is 4.79 Å². The molecule has 1 aromatic rings. The first-order valence-corrected chi connectivity index (χ1v) is 6.41. The molecular formula is C9H14N2O2S2. The molecule has 0 atom stereocenters. The van der Waals surface area contributed by atoms with Gasteiger partial charge in [-0.1, -0.05) is 11.8 Å². The molecular weight excluding hydrogens is 232 g/mol. The maximum Gasteiger partial charge on any atom is 0.309 e. The molecule has 0 bridgehead atoms. The second-order valence-corrected chi connectivity index (χ2v) is 5.97. The minimum absolute atomic E-state index is 0.623. The Bertz CT molecular complexity index is 312. The lowest BCUT2D eigenvalue weighted by atomic mass is 9.88. The first-order valence-electron chi connectivity index (χ1n) is 4.65. The van der Waals surface area contributed by atoms with Crippen LogP contribution in [0.2, 0.25) is 0 Å². The van der Waals surface area contributed by atoms with E-state index in [-0.39, 0.29) is 0 Å². The molecule has 0 aliphatic carbocycles. The number of rotatable bonds is 6. The highest BCUT2D eigenvalue weighted by Crippen LogP contribution is 2.26. The van der Waals surface area contributed by atoms with Crippen LogP contribution in [0.25, 0.3) is 0 Å². The largest absolute Gasteiger partial charge is 0.481 e. The maximum absolute atomic E-state index is 10.8. The van der Waals surface area contributed by atoms with Crippen molar-refractivity contribution in [2.45, 2.75) is 31.0 Å². The predicted octanol–water partition coefficient (Wildman–Crippen LogP) is 2.52. The molecule has 84 valence electrons. The third-order valence-corrected chi connectivity index (χ3v) is 3.98. The summed E-state index contributed by atoms with van der Waals surface area (Å²) in [6, 6.07) is 0. The molecule has 1 heterocycles. The average Bonchev–Trinajstić information content (AvgIpc) is 2.64. The van der Waals surface area contributed by atoms with Crippen molar-refractivity contribution in [2.24, 2.45) is 5.41 Å². The quantitative estimate of drug-likeness (QED) is 0.617. The Hall–Kier alpha value is -0.620. The molecule has 0 aliphatic heterocycles. The summed E-state index contributed by atoms with van der Waals surface area (Å²) >= 11 is 3.00. The molecule has 0 amide bonds. The SMILES string of the molecule is CC(C)(CCCSc1ncns1)C(=O)O. The molecule has 0 fully saturated rings. The Morgan fingerprint density at radius 2 is 2.40 bits per heavy atom. The highest BCUT2D eigenvalue weighted by atomic mass is 32.2. The molecule has 0 aliphatic rings. The minimum atomic E-state index is -0.733. The summed E-state index contributed by atoms with van der Waals surface area (Å²) in [4.78, 5) is 14.9. The molecule has 0 radical (unpaired) electrons. The summed E-state index contributed by atoms with van der Waals surface area (Å²) in [7, 11) is 0. The number of hydrogen-bond acceptors (Lipinski definition) is 5. The fourth-order valence-electron chi connectivity index (χ4n) is 1.01. The summed E-state index contributed by atoms with van der Waals surface area (Å²) in [6.45, 7) is 3.51. The smallest absolute Gasteiger partial charge is 0.309 e. The van der Waals surface area contributed by atoms with Gasteiger partial charge < -0.3 is 5.11 Å². The van der Waals surface area contributed by atoms with Crippen LogP contribution in [0.4, 0.5) is 0 Å². The summed E-state index contributed by atoms with van der Waals surface area (Å²) in [5.74, 6) is 0.162. The van der Waals surface area contributed by atoms with E-state index in [4.69, 9.17) is 5.11 Å². The van der Waals surface area contributed by atoms with Gasteiger partial charge >= 0.3 is 5.97 Å². The number of nitrogens with zero attached hydrogens (tertiary/aromatic N) is 2. The van der Waals surface area contributed by atoms with Crippen LogP contribution in [-0.4, -0.2) is 26.2 Å². The molecule has 1 aromatic heterocycles. The molecule has 0 unspecified atom stereocenters. The molecule has 0 saturated heterocycles. The highest BCUT2D eigenvalue weighted by molar-refractivity contribution is 8.00. The van der Waals surface area contributed by atoms with Crippen molar-refractivity contribution in [3.63, 3.8) is 0 Å². The van der Waals surface area contributed by atoms with E-state index in [2.05, 4.69) is 9.36 Å². The van der Waals surface area contributed by atoms with E-state index in [1.54, 1.807) is 25.6 Å². The number of carboxylic acids is 1. The zero-order valence-corrected chi connectivity index (χ0v) is 10.4. The van der Waals surface area contributed by atoms with Crippen LogP contribution < -0.4 is 0 Å². The molecule has 1 rings (SSSR count). The van der Waals surface area contributed by atoms with Gasteiger partial charge in [-0.15, -0.1) is 0 Å². The second-order valence-electron chi connectivity index (χ2n) is 3.85. The van der Waals surface area contributed by atoms with Crippen molar-refractivity contribution in [1.82, 2.24) is 9.36 Å². The topological polar surface area (TPSA) is 63.1 Å². The first kappa shape index (κ1) is 12.4. The van der Waals surface area contributed by atoms with Gasteiger partial charge in [0.2, 0.25) is 0 Å². The molecule has 0 spiro atoms. The predicted molar refractivity (Wildman–Crippen MR) is 61.3 cm³/mol. The molecule has 4 nitrogen and oxygen atoms in total. The molecule has 6 heteroatoms. The van der Waals surface area contributed by atoms with Crippen molar-refractivity contribution >= 4 is 29.3 Å². The number of aromatic nitrogens is 2. The van der Waals surface area contributed by atoms with Crippen molar-refractivity contribution in [3.05, 3.63) is 6.33 Å². The third kappa shape index (κ3) is 4.17. The van der Waals surface area contributed by atoms with Crippen molar-refractivity contribution in [1.29, 1.82) is 0 Å². The summed E-state index contributed by atoms with van der Waals surface area (Å²) in [6.07, 6.45) is 3.10. The summed E-state index contributed by atoms with van der Waals surface area (Å²) in [5, 5.41) is 8.90. The number of thioether (sulfide) groups is 1. The third-order valence-electron chi connectivity index (χ3n) is 2.09. The number of carbonyl (C=O) groups is 1. The lowest BCUT2D eigenvalue weighted by molar-refractivity contribution is -0.147. The van der Waals surface area contributed by atoms with Crippen LogP contribution in [0, 0.1) is 5.41 Å². The van der Waals surface area contributed by atoms with E-state index in [1.807, 2.05) is 0 Å². The molecule has 0 aromatic carbocycles. The van der Waals surface area contributed by atoms with Gasteiger partial charge in [-0.05, 0) is 38.2 Å². The van der Waals surface area contributed by atoms with E-state index in [9.17, 15) is 4.79 Å².